The van der Waals surface area contributed by atoms with Crippen LogP contribution in [0, 0.1) is 0 Å². The van der Waals surface area contributed by atoms with Crippen LogP contribution in [0.25, 0.3) is 16.7 Å². The fourth-order valence-corrected chi connectivity index (χ4v) is 3.60. The van der Waals surface area contributed by atoms with E-state index in [0.717, 1.165) is 10.6 Å². The SMILES string of the molecule is C[C@@H](NC(=O)Cn1cnc2c(cnn2-c2ccccc2)c1=O)c1cccs1. The van der Waals surface area contributed by atoms with Gasteiger partial charge in [0, 0.05) is 4.88 Å². The summed E-state index contributed by atoms with van der Waals surface area (Å²) in [7, 11) is 0. The Kier molecular flexibility index (Phi) is 4.55. The van der Waals surface area contributed by atoms with E-state index in [4.69, 9.17) is 0 Å². The fourth-order valence-electron chi connectivity index (χ4n) is 2.87. The van der Waals surface area contributed by atoms with Crippen LogP contribution in [0.15, 0.2) is 65.2 Å². The molecule has 136 valence electrons. The highest BCUT2D eigenvalue weighted by Gasteiger charge is 2.15. The Labute approximate surface area is 158 Å². The number of rotatable bonds is 5. The van der Waals surface area contributed by atoms with Crippen LogP contribution >= 0.6 is 11.3 Å². The number of hydrogen-bond donors (Lipinski definition) is 1. The van der Waals surface area contributed by atoms with Gasteiger partial charge in [-0.05, 0) is 30.5 Å². The van der Waals surface area contributed by atoms with Gasteiger partial charge in [-0.15, -0.1) is 11.3 Å². The molecule has 0 fully saturated rings. The van der Waals surface area contributed by atoms with Crippen LogP contribution in [-0.2, 0) is 11.3 Å². The number of benzene rings is 1. The molecule has 4 rings (SSSR count). The normalized spacial score (nSPS) is 12.2. The predicted molar refractivity (Wildman–Crippen MR) is 104 cm³/mol. The van der Waals surface area contributed by atoms with Gasteiger partial charge in [0.1, 0.15) is 18.3 Å². The first kappa shape index (κ1) is 17.2. The molecule has 0 bridgehead atoms. The minimum Gasteiger partial charge on any atom is -0.347 e. The van der Waals surface area contributed by atoms with Crippen LogP contribution < -0.4 is 10.9 Å². The molecule has 3 aromatic heterocycles. The van der Waals surface area contributed by atoms with E-state index in [0.29, 0.717) is 11.0 Å². The molecule has 27 heavy (non-hydrogen) atoms. The molecule has 0 aliphatic rings. The van der Waals surface area contributed by atoms with Crippen molar-refractivity contribution < 1.29 is 4.79 Å². The molecule has 4 aromatic rings. The molecule has 0 radical (unpaired) electrons. The summed E-state index contributed by atoms with van der Waals surface area (Å²) in [6.45, 7) is 1.83. The Morgan fingerprint density at radius 1 is 1.22 bits per heavy atom. The second-order valence-corrected chi connectivity index (χ2v) is 7.09. The lowest BCUT2D eigenvalue weighted by molar-refractivity contribution is -0.122. The van der Waals surface area contributed by atoms with Crippen molar-refractivity contribution in [2.45, 2.75) is 19.5 Å². The average molecular weight is 379 g/mol. The zero-order valence-corrected chi connectivity index (χ0v) is 15.4. The molecule has 0 saturated heterocycles. The Morgan fingerprint density at radius 2 is 2.04 bits per heavy atom. The molecule has 0 aliphatic heterocycles. The molecule has 1 aromatic carbocycles. The van der Waals surface area contributed by atoms with Gasteiger partial charge in [-0.25, -0.2) is 9.67 Å². The molecule has 1 atom stereocenters. The van der Waals surface area contributed by atoms with E-state index in [-0.39, 0.29) is 24.1 Å². The Bertz CT molecular complexity index is 1130. The highest BCUT2D eigenvalue weighted by Crippen LogP contribution is 2.18. The molecule has 0 saturated carbocycles. The van der Waals surface area contributed by atoms with Crippen LogP contribution in [-0.4, -0.2) is 25.2 Å². The van der Waals surface area contributed by atoms with E-state index in [9.17, 15) is 9.59 Å². The number of para-hydroxylation sites is 1. The second-order valence-electron chi connectivity index (χ2n) is 6.11. The molecular weight excluding hydrogens is 362 g/mol. The lowest BCUT2D eigenvalue weighted by atomic mass is 10.3. The van der Waals surface area contributed by atoms with Crippen molar-refractivity contribution in [3.8, 4) is 5.69 Å². The van der Waals surface area contributed by atoms with Crippen LogP contribution in [0.5, 0.6) is 0 Å². The highest BCUT2D eigenvalue weighted by molar-refractivity contribution is 7.10. The Hall–Kier alpha value is -3.26. The summed E-state index contributed by atoms with van der Waals surface area (Å²) >= 11 is 1.58. The highest BCUT2D eigenvalue weighted by atomic mass is 32.1. The lowest BCUT2D eigenvalue weighted by Crippen LogP contribution is -2.33. The van der Waals surface area contributed by atoms with Crippen molar-refractivity contribution in [3.05, 3.63) is 75.6 Å². The van der Waals surface area contributed by atoms with Gasteiger partial charge in [-0.2, -0.15) is 5.10 Å². The summed E-state index contributed by atoms with van der Waals surface area (Å²) in [6.07, 6.45) is 2.88. The van der Waals surface area contributed by atoms with Gasteiger partial charge in [0.15, 0.2) is 5.65 Å². The zero-order valence-electron chi connectivity index (χ0n) is 14.6. The summed E-state index contributed by atoms with van der Waals surface area (Å²) in [6, 6.07) is 13.3. The van der Waals surface area contributed by atoms with E-state index >= 15 is 0 Å². The number of aromatic nitrogens is 4. The van der Waals surface area contributed by atoms with Gasteiger partial charge in [-0.1, -0.05) is 24.3 Å². The van der Waals surface area contributed by atoms with Crippen LogP contribution in [0.4, 0.5) is 0 Å². The van der Waals surface area contributed by atoms with E-state index < -0.39 is 0 Å². The summed E-state index contributed by atoms with van der Waals surface area (Å²) in [5.74, 6) is -0.241. The van der Waals surface area contributed by atoms with Crippen molar-refractivity contribution in [2.75, 3.05) is 0 Å². The number of fused-ring (bicyclic) bond motifs is 1. The van der Waals surface area contributed by atoms with Crippen molar-refractivity contribution >= 4 is 28.3 Å². The third-order valence-electron chi connectivity index (χ3n) is 4.22. The summed E-state index contributed by atoms with van der Waals surface area (Å²) in [4.78, 5) is 30.4. The molecule has 1 amide bonds. The number of carbonyl (C=O) groups excluding carboxylic acids is 1. The minimum atomic E-state index is -0.291. The Morgan fingerprint density at radius 3 is 2.78 bits per heavy atom. The van der Waals surface area contributed by atoms with Crippen molar-refractivity contribution in [1.82, 2.24) is 24.6 Å². The number of amides is 1. The van der Waals surface area contributed by atoms with E-state index in [1.807, 2.05) is 54.8 Å². The van der Waals surface area contributed by atoms with E-state index in [1.54, 1.807) is 16.0 Å². The number of nitrogens with zero attached hydrogens (tertiary/aromatic N) is 4. The molecule has 8 heteroatoms. The van der Waals surface area contributed by atoms with Gasteiger partial charge >= 0.3 is 0 Å². The molecule has 0 unspecified atom stereocenters. The molecule has 0 aliphatic carbocycles. The van der Waals surface area contributed by atoms with Gasteiger partial charge < -0.3 is 5.32 Å². The van der Waals surface area contributed by atoms with Crippen molar-refractivity contribution in [3.63, 3.8) is 0 Å². The van der Waals surface area contributed by atoms with Crippen LogP contribution in [0.3, 0.4) is 0 Å². The fraction of sp³-hybridized carbons (Fsp3) is 0.158. The smallest absolute Gasteiger partial charge is 0.264 e. The van der Waals surface area contributed by atoms with Gasteiger partial charge in [0.2, 0.25) is 5.91 Å². The lowest BCUT2D eigenvalue weighted by Gasteiger charge is -2.13. The summed E-state index contributed by atoms with van der Waals surface area (Å²) in [5.41, 5.74) is 0.996. The monoisotopic (exact) mass is 379 g/mol. The number of hydrogen-bond acceptors (Lipinski definition) is 5. The zero-order chi connectivity index (χ0) is 18.8. The average Bonchev–Trinajstić information content (AvgIpc) is 3.34. The maximum atomic E-state index is 12.7. The summed E-state index contributed by atoms with van der Waals surface area (Å²) < 4.78 is 2.91. The Balaban J connectivity index is 1.57. The first-order valence-electron chi connectivity index (χ1n) is 8.45. The molecule has 7 nitrogen and oxygen atoms in total. The van der Waals surface area contributed by atoms with Gasteiger partial charge in [0.05, 0.1) is 17.9 Å². The number of thiophene rings is 1. The van der Waals surface area contributed by atoms with E-state index in [2.05, 4.69) is 15.4 Å². The summed E-state index contributed by atoms with van der Waals surface area (Å²) in [5, 5.41) is 9.51. The molecule has 3 heterocycles. The maximum absolute atomic E-state index is 12.7. The molecular formula is C19H17N5O2S. The predicted octanol–water partition coefficient (Wildman–Crippen LogP) is 2.52. The standard InChI is InChI=1S/C19H17N5O2S/c1-13(16-8-5-9-27-16)22-17(25)11-23-12-20-18-15(19(23)26)10-21-24(18)14-6-3-2-4-7-14/h2-10,12-13H,11H2,1H3,(H,22,25)/t13-/m1/s1. The van der Waals surface area contributed by atoms with Gasteiger partial charge in [-0.3, -0.25) is 14.2 Å². The first-order valence-corrected chi connectivity index (χ1v) is 9.33. The van der Waals surface area contributed by atoms with E-state index in [1.165, 1.54) is 17.1 Å². The van der Waals surface area contributed by atoms with Crippen LogP contribution in [0.1, 0.15) is 17.8 Å². The maximum Gasteiger partial charge on any atom is 0.264 e. The first-order chi connectivity index (χ1) is 13.1. The third-order valence-corrected chi connectivity index (χ3v) is 5.27. The third kappa shape index (κ3) is 3.39. The topological polar surface area (TPSA) is 81.8 Å². The number of nitrogens with one attached hydrogen (secondary N) is 1. The second kappa shape index (κ2) is 7.16. The quantitative estimate of drug-likeness (QED) is 0.578. The van der Waals surface area contributed by atoms with Crippen molar-refractivity contribution in [2.24, 2.45) is 0 Å². The minimum absolute atomic E-state index is 0.0893. The largest absolute Gasteiger partial charge is 0.347 e. The van der Waals surface area contributed by atoms with Gasteiger partial charge in [0.25, 0.3) is 5.56 Å². The van der Waals surface area contributed by atoms with Crippen molar-refractivity contribution in [1.29, 1.82) is 0 Å². The molecule has 1 N–H and O–H groups in total. The van der Waals surface area contributed by atoms with Crippen LogP contribution in [0.2, 0.25) is 0 Å². The number of carbonyl (C=O) groups is 1. The molecule has 0 spiro atoms.